The van der Waals surface area contributed by atoms with Gasteiger partial charge in [-0.3, -0.25) is 4.79 Å². The fourth-order valence-electron chi connectivity index (χ4n) is 2.64. The lowest BCUT2D eigenvalue weighted by Gasteiger charge is -2.13. The molecular weight excluding hydrogens is 282 g/mol. The number of nitrogens with zero attached hydrogens (tertiary/aromatic N) is 2. The second kappa shape index (κ2) is 6.01. The Balaban J connectivity index is 1.79. The first-order valence-electron chi connectivity index (χ1n) is 7.16. The lowest BCUT2D eigenvalue weighted by molar-refractivity contribution is -0.119. The minimum absolute atomic E-state index is 0.106. The van der Waals surface area contributed by atoms with Crippen LogP contribution < -0.4 is 5.32 Å². The van der Waals surface area contributed by atoms with Crippen molar-refractivity contribution in [2.24, 2.45) is 0 Å². The van der Waals surface area contributed by atoms with Crippen molar-refractivity contribution < 1.29 is 14.3 Å². The minimum atomic E-state index is -0.358. The zero-order valence-electron chi connectivity index (χ0n) is 12.3. The van der Waals surface area contributed by atoms with Crippen LogP contribution in [0.4, 0.5) is 0 Å². The minimum Gasteiger partial charge on any atom is -0.465 e. The number of aromatic nitrogens is 2. The topological polar surface area (TPSA) is 73.2 Å². The Labute approximate surface area is 128 Å². The van der Waals surface area contributed by atoms with Gasteiger partial charge in [-0.2, -0.15) is 0 Å². The van der Waals surface area contributed by atoms with E-state index in [4.69, 9.17) is 0 Å². The lowest BCUT2D eigenvalue weighted by atomic mass is 10.1. The summed E-state index contributed by atoms with van der Waals surface area (Å²) in [5, 5.41) is 2.95. The third-order valence-corrected chi connectivity index (χ3v) is 3.78. The van der Waals surface area contributed by atoms with E-state index in [-0.39, 0.29) is 17.9 Å². The van der Waals surface area contributed by atoms with Crippen LogP contribution in [0.25, 0.3) is 11.4 Å². The average molecular weight is 299 g/mol. The Morgan fingerprint density at radius 3 is 2.82 bits per heavy atom. The Hall–Kier alpha value is -2.63. The molecule has 3 rings (SSSR count). The molecule has 1 aromatic carbocycles. The summed E-state index contributed by atoms with van der Waals surface area (Å²) in [7, 11) is 1.36. The molecule has 0 aliphatic carbocycles. The van der Waals surface area contributed by atoms with Crippen LogP contribution in [0.1, 0.15) is 23.2 Å². The van der Waals surface area contributed by atoms with Gasteiger partial charge in [-0.05, 0) is 18.6 Å². The number of carbonyl (C=O) groups is 2. The van der Waals surface area contributed by atoms with Crippen LogP contribution in [-0.4, -0.2) is 34.6 Å². The molecule has 0 spiro atoms. The Morgan fingerprint density at radius 2 is 2.18 bits per heavy atom. The third-order valence-electron chi connectivity index (χ3n) is 3.78. The van der Waals surface area contributed by atoms with Crippen molar-refractivity contribution >= 4 is 11.9 Å². The van der Waals surface area contributed by atoms with E-state index >= 15 is 0 Å². The average Bonchev–Trinajstić information content (AvgIpc) is 3.16. The smallest absolute Gasteiger partial charge is 0.337 e. The number of imidazole rings is 1. The summed E-state index contributed by atoms with van der Waals surface area (Å²) in [6.45, 7) is 0.694. The van der Waals surface area contributed by atoms with Gasteiger partial charge in [0.2, 0.25) is 5.91 Å². The van der Waals surface area contributed by atoms with Gasteiger partial charge >= 0.3 is 5.97 Å². The summed E-state index contributed by atoms with van der Waals surface area (Å²) in [5.74, 6) is 0.565. The van der Waals surface area contributed by atoms with Gasteiger partial charge < -0.3 is 14.6 Å². The van der Waals surface area contributed by atoms with Crippen molar-refractivity contribution in [1.29, 1.82) is 0 Å². The van der Waals surface area contributed by atoms with Gasteiger partial charge in [-0.1, -0.05) is 12.1 Å². The van der Waals surface area contributed by atoms with Crippen molar-refractivity contribution in [2.75, 3.05) is 7.11 Å². The number of hydrogen-bond donors (Lipinski definition) is 1. The van der Waals surface area contributed by atoms with Crippen LogP contribution in [0.2, 0.25) is 0 Å². The van der Waals surface area contributed by atoms with Crippen molar-refractivity contribution in [3.8, 4) is 11.4 Å². The molecule has 0 bridgehead atoms. The van der Waals surface area contributed by atoms with E-state index in [1.807, 2.05) is 22.9 Å². The Bertz CT molecular complexity index is 691. The monoisotopic (exact) mass is 299 g/mol. The Kier molecular flexibility index (Phi) is 3.91. The second-order valence-electron chi connectivity index (χ2n) is 5.28. The van der Waals surface area contributed by atoms with Gasteiger partial charge in [-0.25, -0.2) is 9.78 Å². The molecule has 1 saturated heterocycles. The predicted molar refractivity (Wildman–Crippen MR) is 80.2 cm³/mol. The van der Waals surface area contributed by atoms with E-state index < -0.39 is 0 Å². The fraction of sp³-hybridized carbons (Fsp3) is 0.312. The molecule has 2 aromatic rings. The molecule has 1 aliphatic heterocycles. The molecule has 2 heterocycles. The number of esters is 1. The second-order valence-corrected chi connectivity index (χ2v) is 5.28. The quantitative estimate of drug-likeness (QED) is 0.871. The summed E-state index contributed by atoms with van der Waals surface area (Å²) in [5.41, 5.74) is 1.43. The van der Waals surface area contributed by atoms with E-state index in [1.165, 1.54) is 7.11 Å². The zero-order chi connectivity index (χ0) is 15.5. The molecule has 1 unspecified atom stereocenters. The van der Waals surface area contributed by atoms with Gasteiger partial charge in [0.05, 0.1) is 12.7 Å². The predicted octanol–water partition coefficient (Wildman–Crippen LogP) is 1.62. The SMILES string of the molecule is COC(=O)c1ccc(-c2nccn2CC2CCC(=O)N2)cc1. The number of benzene rings is 1. The van der Waals surface area contributed by atoms with Crippen LogP contribution in [0.15, 0.2) is 36.7 Å². The summed E-state index contributed by atoms with van der Waals surface area (Å²) in [4.78, 5) is 27.1. The maximum atomic E-state index is 11.5. The molecule has 1 amide bonds. The molecule has 6 nitrogen and oxygen atoms in total. The number of carbonyl (C=O) groups excluding carboxylic acids is 2. The van der Waals surface area contributed by atoms with Crippen molar-refractivity contribution in [3.05, 3.63) is 42.2 Å². The number of ether oxygens (including phenoxy) is 1. The molecule has 114 valence electrons. The number of rotatable bonds is 4. The van der Waals surface area contributed by atoms with E-state index in [1.54, 1.807) is 18.3 Å². The number of methoxy groups -OCH3 is 1. The highest BCUT2D eigenvalue weighted by Crippen LogP contribution is 2.20. The number of hydrogen-bond acceptors (Lipinski definition) is 4. The van der Waals surface area contributed by atoms with Gasteiger partial charge in [0, 0.05) is 37.0 Å². The van der Waals surface area contributed by atoms with Crippen LogP contribution in [-0.2, 0) is 16.1 Å². The molecule has 1 N–H and O–H groups in total. The van der Waals surface area contributed by atoms with E-state index in [0.717, 1.165) is 17.8 Å². The van der Waals surface area contributed by atoms with E-state index in [9.17, 15) is 9.59 Å². The van der Waals surface area contributed by atoms with Crippen molar-refractivity contribution in [3.63, 3.8) is 0 Å². The lowest BCUT2D eigenvalue weighted by Crippen LogP contribution is -2.29. The summed E-state index contributed by atoms with van der Waals surface area (Å²) >= 11 is 0. The maximum Gasteiger partial charge on any atom is 0.337 e. The summed E-state index contributed by atoms with van der Waals surface area (Å²) in [6.07, 6.45) is 5.06. The van der Waals surface area contributed by atoms with Gasteiger partial charge in [0.15, 0.2) is 0 Å². The number of nitrogens with one attached hydrogen (secondary N) is 1. The summed E-state index contributed by atoms with van der Waals surface area (Å²) in [6, 6.07) is 7.28. The van der Waals surface area contributed by atoms with E-state index in [2.05, 4.69) is 15.0 Å². The molecular formula is C16H17N3O3. The van der Waals surface area contributed by atoms with E-state index in [0.29, 0.717) is 18.5 Å². The molecule has 1 fully saturated rings. The van der Waals surface area contributed by atoms with Gasteiger partial charge in [0.1, 0.15) is 5.82 Å². The van der Waals surface area contributed by atoms with Crippen LogP contribution in [0, 0.1) is 0 Å². The molecule has 0 saturated carbocycles. The summed E-state index contributed by atoms with van der Waals surface area (Å²) < 4.78 is 6.71. The highest BCUT2D eigenvalue weighted by Gasteiger charge is 2.21. The third kappa shape index (κ3) is 2.86. The highest BCUT2D eigenvalue weighted by molar-refractivity contribution is 5.89. The van der Waals surface area contributed by atoms with Gasteiger partial charge in [-0.15, -0.1) is 0 Å². The first-order valence-corrected chi connectivity index (χ1v) is 7.16. The largest absolute Gasteiger partial charge is 0.465 e. The van der Waals surface area contributed by atoms with Crippen LogP contribution >= 0.6 is 0 Å². The van der Waals surface area contributed by atoms with Gasteiger partial charge in [0.25, 0.3) is 0 Å². The molecule has 1 aliphatic rings. The van der Waals surface area contributed by atoms with Crippen LogP contribution in [0.5, 0.6) is 0 Å². The maximum absolute atomic E-state index is 11.5. The molecule has 22 heavy (non-hydrogen) atoms. The van der Waals surface area contributed by atoms with Crippen molar-refractivity contribution in [1.82, 2.24) is 14.9 Å². The normalized spacial score (nSPS) is 17.3. The first-order chi connectivity index (χ1) is 10.7. The van der Waals surface area contributed by atoms with Crippen molar-refractivity contribution in [2.45, 2.75) is 25.4 Å². The fourth-order valence-corrected chi connectivity index (χ4v) is 2.64. The molecule has 6 heteroatoms. The molecule has 0 radical (unpaired) electrons. The Morgan fingerprint density at radius 1 is 1.41 bits per heavy atom. The highest BCUT2D eigenvalue weighted by atomic mass is 16.5. The standard InChI is InChI=1S/C16H17N3O3/c1-22-16(21)12-4-2-11(3-5-12)15-17-8-9-19(15)10-13-6-7-14(20)18-13/h2-5,8-9,13H,6-7,10H2,1H3,(H,18,20). The molecule has 1 atom stereocenters. The molecule has 1 aromatic heterocycles. The van der Waals surface area contributed by atoms with Crippen LogP contribution in [0.3, 0.4) is 0 Å². The zero-order valence-corrected chi connectivity index (χ0v) is 12.3. The first kappa shape index (κ1) is 14.3. The number of amides is 1.